The molecule has 2 aliphatic heterocycles. The molecular formula is C33H41F2N5O2. The first-order valence-electron chi connectivity index (χ1n) is 16.3. The maximum absolute atomic E-state index is 15.1. The lowest BCUT2D eigenvalue weighted by Gasteiger charge is -2.26. The Morgan fingerprint density at radius 1 is 1.14 bits per heavy atom. The first-order chi connectivity index (χ1) is 21.1. The highest BCUT2D eigenvalue weighted by Crippen LogP contribution is 2.47. The fourth-order valence-electron chi connectivity index (χ4n) is 6.21. The number of halogens is 2. The summed E-state index contributed by atoms with van der Waals surface area (Å²) in [6.45, 7) is 4.92. The lowest BCUT2D eigenvalue weighted by molar-refractivity contribution is 0.169. The molecule has 2 fully saturated rings. The van der Waals surface area contributed by atoms with Crippen LogP contribution in [-0.2, 0) is 0 Å². The van der Waals surface area contributed by atoms with Crippen LogP contribution in [0, 0.1) is 17.0 Å². The molecule has 0 amide bonds. The van der Waals surface area contributed by atoms with E-state index in [4.69, 9.17) is 12.5 Å². The van der Waals surface area contributed by atoms with Crippen molar-refractivity contribution in [3.8, 4) is 11.8 Å². The minimum Gasteiger partial charge on any atom is -0.508 e. The van der Waals surface area contributed by atoms with Crippen molar-refractivity contribution in [1.29, 1.82) is 0 Å². The zero-order chi connectivity index (χ0) is 31.1. The van der Waals surface area contributed by atoms with E-state index in [9.17, 15) is 9.50 Å². The fourth-order valence-corrected chi connectivity index (χ4v) is 6.21. The van der Waals surface area contributed by atoms with Gasteiger partial charge in [0.05, 0.1) is 32.2 Å². The molecule has 6 rings (SSSR count). The molecule has 1 aromatic heterocycles. The maximum atomic E-state index is 15.1. The van der Waals surface area contributed by atoms with Crippen molar-refractivity contribution in [3.63, 3.8) is 0 Å². The number of hydrogen-bond acceptors (Lipinski definition) is 7. The highest BCUT2D eigenvalue weighted by Gasteiger charge is 2.45. The number of benzene rings is 2. The highest BCUT2D eigenvalue weighted by molar-refractivity contribution is 5.97. The number of hydrogen-bond donors (Lipinski definition) is 2. The van der Waals surface area contributed by atoms with Gasteiger partial charge in [-0.1, -0.05) is 39.2 Å². The van der Waals surface area contributed by atoms with Gasteiger partial charge in [0.2, 0.25) is 0 Å². The molecule has 1 atom stereocenters. The number of anilines is 1. The lowest BCUT2D eigenvalue weighted by Crippen LogP contribution is -2.46. The van der Waals surface area contributed by atoms with E-state index >= 15 is 4.39 Å². The van der Waals surface area contributed by atoms with Gasteiger partial charge in [0.25, 0.3) is 0 Å². The van der Waals surface area contributed by atoms with Gasteiger partial charge in [0, 0.05) is 40.7 Å². The third-order valence-corrected chi connectivity index (χ3v) is 8.79. The number of rotatable bonds is 12. The summed E-state index contributed by atoms with van der Waals surface area (Å²) in [7, 11) is 0. The molecule has 3 aromatic rings. The Morgan fingerprint density at radius 2 is 1.95 bits per heavy atom. The normalized spacial score (nSPS) is 19.3. The number of nitrogens with one attached hydrogen (secondary N) is 1. The van der Waals surface area contributed by atoms with Gasteiger partial charge >= 0.3 is 6.01 Å². The Labute approximate surface area is 248 Å². The molecule has 42 heavy (non-hydrogen) atoms. The molecule has 1 saturated carbocycles. The van der Waals surface area contributed by atoms with E-state index in [1.165, 1.54) is 23.2 Å². The van der Waals surface area contributed by atoms with E-state index in [1.807, 2.05) is 0 Å². The average molecular weight is 580 g/mol. The third-order valence-electron chi connectivity index (χ3n) is 8.79. The number of phenolic OH excluding ortho intramolecular Hbond substituents is 1. The van der Waals surface area contributed by atoms with Crippen LogP contribution >= 0.6 is 0 Å². The first kappa shape index (κ1) is 26.2. The Morgan fingerprint density at radius 3 is 2.69 bits per heavy atom. The van der Waals surface area contributed by atoms with Crippen molar-refractivity contribution in [2.24, 2.45) is 5.41 Å². The topological polar surface area (TPSA) is 73.8 Å². The number of nitrogens with zero attached hydrogens (tertiary/aromatic N) is 4. The van der Waals surface area contributed by atoms with Crippen molar-refractivity contribution >= 4 is 28.9 Å². The van der Waals surface area contributed by atoms with Gasteiger partial charge < -0.3 is 20.2 Å². The Bertz CT molecular complexity index is 1660. The van der Waals surface area contributed by atoms with Crippen LogP contribution in [0.4, 0.5) is 14.5 Å². The summed E-state index contributed by atoms with van der Waals surface area (Å²) >= 11 is 0. The number of hydrazine groups is 1. The van der Waals surface area contributed by atoms with Crippen molar-refractivity contribution < 1.29 is 21.4 Å². The van der Waals surface area contributed by atoms with Gasteiger partial charge in [0.15, 0.2) is 11.6 Å². The largest absolute Gasteiger partial charge is 0.508 e. The minimum atomic E-state index is -1.97. The van der Waals surface area contributed by atoms with Crippen molar-refractivity contribution in [1.82, 2.24) is 20.3 Å². The minimum absolute atomic E-state index is 0.00840. The average Bonchev–Trinajstić information content (AvgIpc) is 3.62. The first-order valence-corrected chi connectivity index (χ1v) is 15.3. The van der Waals surface area contributed by atoms with E-state index < -0.39 is 23.6 Å². The predicted octanol–water partition coefficient (Wildman–Crippen LogP) is 5.44. The van der Waals surface area contributed by atoms with Gasteiger partial charge in [0.1, 0.15) is 5.75 Å². The summed E-state index contributed by atoms with van der Waals surface area (Å²) in [4.78, 5) is 11.8. The quantitative estimate of drug-likeness (QED) is 0.277. The van der Waals surface area contributed by atoms with Gasteiger partial charge in [-0.15, -0.1) is 0 Å². The molecule has 0 radical (unpaired) electrons. The molecule has 1 saturated heterocycles. The summed E-state index contributed by atoms with van der Waals surface area (Å²) < 4.78 is 53.5. The monoisotopic (exact) mass is 579 g/mol. The van der Waals surface area contributed by atoms with Crippen LogP contribution in [0.5, 0.6) is 11.8 Å². The van der Waals surface area contributed by atoms with Crippen molar-refractivity contribution in [2.45, 2.75) is 77.6 Å². The van der Waals surface area contributed by atoms with Gasteiger partial charge in [-0.25, -0.2) is 8.78 Å². The van der Waals surface area contributed by atoms with E-state index in [0.29, 0.717) is 17.3 Å². The summed E-state index contributed by atoms with van der Waals surface area (Å²) in [5, 5.41) is 13.5. The molecule has 0 bridgehead atoms. The number of ether oxygens (including phenoxy) is 1. The molecule has 9 heteroatoms. The van der Waals surface area contributed by atoms with Gasteiger partial charge in [-0.3, -0.25) is 5.01 Å². The second-order valence-corrected chi connectivity index (χ2v) is 12.0. The van der Waals surface area contributed by atoms with Crippen LogP contribution in [0.3, 0.4) is 0 Å². The molecule has 2 aromatic carbocycles. The fraction of sp³-hybridized carbons (Fsp3) is 0.515. The van der Waals surface area contributed by atoms with Gasteiger partial charge in [-0.2, -0.15) is 9.97 Å². The van der Waals surface area contributed by atoms with E-state index in [2.05, 4.69) is 29.2 Å². The number of likely N-dealkylation sites (tertiary alicyclic amines) is 1. The number of phenols is 1. The summed E-state index contributed by atoms with van der Waals surface area (Å²) in [5.74, 6) is -2.02. The lowest BCUT2D eigenvalue weighted by atomic mass is 9.93. The Kier molecular flexibility index (Phi) is 7.50. The van der Waals surface area contributed by atoms with Gasteiger partial charge in [-0.05, 0) is 69.1 Å². The van der Waals surface area contributed by atoms with Crippen LogP contribution in [0.2, 0.25) is 0 Å². The standard InChI is InChI=1S/C33H41F2N5O2/c1-3-5-6-9-22(4-2)31-25-18-36-40(28-17-24(41)16-23-10-11-26(34)30(35)29(23)28)19-27(25)37-32(38-31)42-21-33(12-13-33)20-39-14-7-8-15-39/h10-11,16-19,22,36,41H,3-9,12-15,20-21H2,1-2H3/i21D2. The van der Waals surface area contributed by atoms with Crippen LogP contribution in [-0.4, -0.2) is 46.2 Å². The molecule has 0 spiro atoms. The SMILES string of the molecule is [2H]C([2H])(Oc1nc(C(CC)CCCCC)c2c(n1)=CN(c1cc(O)cc3ccc(F)c(F)c13)NC=2)C1(CN2CCCC2)CC1. The Balaban J connectivity index is 1.42. The predicted molar refractivity (Wildman–Crippen MR) is 161 cm³/mol. The van der Waals surface area contributed by atoms with E-state index in [-0.39, 0.29) is 28.8 Å². The zero-order valence-corrected chi connectivity index (χ0v) is 24.4. The molecule has 2 N–H and O–H groups in total. The van der Waals surface area contributed by atoms with Crippen LogP contribution < -0.4 is 25.7 Å². The second kappa shape index (κ2) is 12.0. The highest BCUT2D eigenvalue weighted by atomic mass is 19.2. The van der Waals surface area contributed by atoms with E-state index in [1.54, 1.807) is 12.4 Å². The smallest absolute Gasteiger partial charge is 0.317 e. The van der Waals surface area contributed by atoms with Crippen LogP contribution in [0.1, 0.15) is 86.0 Å². The van der Waals surface area contributed by atoms with Crippen molar-refractivity contribution in [2.75, 3.05) is 31.2 Å². The van der Waals surface area contributed by atoms with Crippen LogP contribution in [0.15, 0.2) is 24.3 Å². The zero-order valence-electron chi connectivity index (χ0n) is 26.4. The molecule has 7 nitrogen and oxygen atoms in total. The molecular weight excluding hydrogens is 536 g/mol. The molecule has 1 unspecified atom stereocenters. The maximum Gasteiger partial charge on any atom is 0.317 e. The molecule has 3 aliphatic rings. The van der Waals surface area contributed by atoms with Crippen molar-refractivity contribution in [3.05, 3.63) is 52.2 Å². The summed E-state index contributed by atoms with van der Waals surface area (Å²) in [5.41, 5.74) is 3.51. The molecule has 3 heterocycles. The summed E-state index contributed by atoms with van der Waals surface area (Å²) in [6.07, 6.45) is 12.1. The summed E-state index contributed by atoms with van der Waals surface area (Å²) in [6, 6.07) is 5.17. The number of fused-ring (bicyclic) bond motifs is 2. The number of aromatic nitrogens is 2. The Hall–Kier alpha value is -3.46. The number of unbranched alkanes of at least 4 members (excludes halogenated alkanes) is 2. The third kappa shape index (κ3) is 5.89. The number of aromatic hydroxyl groups is 1. The molecule has 1 aliphatic carbocycles. The van der Waals surface area contributed by atoms with Crippen LogP contribution in [0.25, 0.3) is 23.2 Å². The van der Waals surface area contributed by atoms with E-state index in [0.717, 1.165) is 87.9 Å². The molecule has 224 valence electrons. The second-order valence-electron chi connectivity index (χ2n) is 12.0.